The maximum absolute atomic E-state index is 13.3. The first kappa shape index (κ1) is 12.6. The first-order valence-corrected chi connectivity index (χ1v) is 6.83. The minimum Gasteiger partial charge on any atom is -0.207 e. The highest BCUT2D eigenvalue weighted by Crippen LogP contribution is 2.17. The van der Waals surface area contributed by atoms with Crippen LogP contribution in [0.3, 0.4) is 0 Å². The molecule has 0 spiro atoms. The topological polar surface area (TPSA) is 37.4 Å². The normalized spacial score (nSPS) is 12.0. The van der Waals surface area contributed by atoms with Crippen LogP contribution in [0.25, 0.3) is 0 Å². The summed E-state index contributed by atoms with van der Waals surface area (Å²) < 4.78 is 38.0. The number of halogens is 2. The molecule has 3 nitrogen and oxygen atoms in total. The van der Waals surface area contributed by atoms with Gasteiger partial charge in [0, 0.05) is 18.9 Å². The summed E-state index contributed by atoms with van der Waals surface area (Å²) in [5.74, 6) is -0.723. The summed E-state index contributed by atoms with van der Waals surface area (Å²) in [6.07, 6.45) is 0. The van der Waals surface area contributed by atoms with Gasteiger partial charge in [-0.1, -0.05) is 28.1 Å². The molecule has 84 valence electrons. The van der Waals surface area contributed by atoms with E-state index < -0.39 is 15.8 Å². The van der Waals surface area contributed by atoms with Crippen molar-refractivity contribution in [2.45, 2.75) is 4.90 Å². The van der Waals surface area contributed by atoms with Crippen LogP contribution in [0.5, 0.6) is 0 Å². The Morgan fingerprint density at radius 1 is 1.40 bits per heavy atom. The molecule has 1 aromatic carbocycles. The zero-order chi connectivity index (χ0) is 11.5. The van der Waals surface area contributed by atoms with Gasteiger partial charge < -0.3 is 0 Å². The van der Waals surface area contributed by atoms with E-state index in [0.29, 0.717) is 11.9 Å². The molecular formula is C9H11BrFNO2S. The molecule has 6 heteroatoms. The number of alkyl halides is 1. The fourth-order valence-corrected chi connectivity index (χ4v) is 3.06. The van der Waals surface area contributed by atoms with Gasteiger partial charge in [0.1, 0.15) is 10.7 Å². The molecule has 0 aliphatic carbocycles. The van der Waals surface area contributed by atoms with Crippen LogP contribution >= 0.6 is 15.9 Å². The lowest BCUT2D eigenvalue weighted by Crippen LogP contribution is -2.29. The standard InChI is InChI=1S/C9H11BrFNO2S/c1-12(7-6-10)15(13,14)9-5-3-2-4-8(9)11/h2-5H,6-7H2,1H3. The monoisotopic (exact) mass is 295 g/mol. The van der Waals surface area contributed by atoms with Crippen LogP contribution in [0, 0.1) is 5.82 Å². The van der Waals surface area contributed by atoms with E-state index in [1.54, 1.807) is 0 Å². The summed E-state index contributed by atoms with van der Waals surface area (Å²) in [7, 11) is -2.28. The highest BCUT2D eigenvalue weighted by atomic mass is 79.9. The smallest absolute Gasteiger partial charge is 0.207 e. The van der Waals surface area contributed by atoms with E-state index in [1.165, 1.54) is 25.2 Å². The van der Waals surface area contributed by atoms with Crippen LogP contribution in [0.4, 0.5) is 4.39 Å². The maximum Gasteiger partial charge on any atom is 0.245 e. The van der Waals surface area contributed by atoms with Gasteiger partial charge in [0.25, 0.3) is 0 Å². The second-order valence-electron chi connectivity index (χ2n) is 2.95. The van der Waals surface area contributed by atoms with Gasteiger partial charge in [0.15, 0.2) is 0 Å². The van der Waals surface area contributed by atoms with Crippen molar-refractivity contribution in [2.24, 2.45) is 0 Å². The largest absolute Gasteiger partial charge is 0.245 e. The molecule has 1 rings (SSSR count). The SMILES string of the molecule is CN(CCBr)S(=O)(=O)c1ccccc1F. The maximum atomic E-state index is 13.3. The molecule has 0 aromatic heterocycles. The zero-order valence-electron chi connectivity index (χ0n) is 8.15. The molecule has 0 radical (unpaired) electrons. The average molecular weight is 296 g/mol. The van der Waals surface area contributed by atoms with Gasteiger partial charge in [-0.2, -0.15) is 0 Å². The molecule has 0 heterocycles. The number of sulfonamides is 1. The molecule has 0 N–H and O–H groups in total. The Morgan fingerprint density at radius 3 is 2.53 bits per heavy atom. The minimum absolute atomic E-state index is 0.284. The Balaban J connectivity index is 3.12. The lowest BCUT2D eigenvalue weighted by Gasteiger charge is -2.15. The Hall–Kier alpha value is -0.460. The van der Waals surface area contributed by atoms with E-state index in [0.717, 1.165) is 10.4 Å². The third kappa shape index (κ3) is 2.76. The summed E-state index contributed by atoms with van der Waals surface area (Å²) in [4.78, 5) is -0.284. The highest BCUT2D eigenvalue weighted by molar-refractivity contribution is 9.09. The molecule has 0 saturated heterocycles. The Kier molecular flexibility index (Phi) is 4.24. The van der Waals surface area contributed by atoms with Crippen molar-refractivity contribution in [1.29, 1.82) is 0 Å². The number of hydrogen-bond donors (Lipinski definition) is 0. The third-order valence-electron chi connectivity index (χ3n) is 1.92. The van der Waals surface area contributed by atoms with Gasteiger partial charge in [0.05, 0.1) is 0 Å². The molecule has 0 unspecified atom stereocenters. The fraction of sp³-hybridized carbons (Fsp3) is 0.333. The lowest BCUT2D eigenvalue weighted by molar-refractivity contribution is 0.480. The second kappa shape index (κ2) is 5.05. The summed E-state index contributed by atoms with van der Waals surface area (Å²) in [5, 5.41) is 0.511. The molecule has 0 amide bonds. The summed E-state index contributed by atoms with van der Waals surface area (Å²) in [5.41, 5.74) is 0. The van der Waals surface area contributed by atoms with Crippen LogP contribution in [-0.2, 0) is 10.0 Å². The number of nitrogens with zero attached hydrogens (tertiary/aromatic N) is 1. The predicted octanol–water partition coefficient (Wildman–Crippen LogP) is 1.84. The van der Waals surface area contributed by atoms with Gasteiger partial charge in [-0.25, -0.2) is 17.1 Å². The van der Waals surface area contributed by atoms with Crippen LogP contribution < -0.4 is 0 Å². The van der Waals surface area contributed by atoms with Crippen molar-refractivity contribution in [3.05, 3.63) is 30.1 Å². The van der Waals surface area contributed by atoms with Crippen LogP contribution in [-0.4, -0.2) is 31.6 Å². The Labute approximate surface area is 97.1 Å². The number of hydrogen-bond acceptors (Lipinski definition) is 2. The first-order chi connectivity index (χ1) is 7.00. The van der Waals surface area contributed by atoms with E-state index >= 15 is 0 Å². The minimum atomic E-state index is -3.70. The third-order valence-corrected chi connectivity index (χ3v) is 4.17. The average Bonchev–Trinajstić information content (AvgIpc) is 2.18. The molecule has 0 bridgehead atoms. The van der Waals surface area contributed by atoms with Crippen LogP contribution in [0.2, 0.25) is 0 Å². The highest BCUT2D eigenvalue weighted by Gasteiger charge is 2.23. The van der Waals surface area contributed by atoms with E-state index in [1.807, 2.05) is 0 Å². The molecule has 0 aliphatic rings. The quantitative estimate of drug-likeness (QED) is 0.795. The number of rotatable bonds is 4. The van der Waals surface area contributed by atoms with Gasteiger partial charge in [-0.05, 0) is 12.1 Å². The van der Waals surface area contributed by atoms with Crippen molar-refractivity contribution in [3.8, 4) is 0 Å². The molecule has 0 aliphatic heterocycles. The van der Waals surface area contributed by atoms with Crippen molar-refractivity contribution < 1.29 is 12.8 Å². The summed E-state index contributed by atoms with van der Waals surface area (Å²) >= 11 is 3.13. The number of benzene rings is 1. The van der Waals surface area contributed by atoms with Crippen LogP contribution in [0.1, 0.15) is 0 Å². The van der Waals surface area contributed by atoms with E-state index in [4.69, 9.17) is 0 Å². The summed E-state index contributed by atoms with van der Waals surface area (Å²) in [6.45, 7) is 0.302. The lowest BCUT2D eigenvalue weighted by atomic mass is 10.4. The summed E-state index contributed by atoms with van der Waals surface area (Å²) in [6, 6.07) is 5.35. The van der Waals surface area contributed by atoms with Gasteiger partial charge >= 0.3 is 0 Å². The molecule has 1 aromatic rings. The van der Waals surface area contributed by atoms with Crippen molar-refractivity contribution >= 4 is 26.0 Å². The fourth-order valence-electron chi connectivity index (χ4n) is 1.06. The van der Waals surface area contributed by atoms with Gasteiger partial charge in [-0.15, -0.1) is 0 Å². The zero-order valence-corrected chi connectivity index (χ0v) is 10.6. The van der Waals surface area contributed by atoms with Gasteiger partial charge in [-0.3, -0.25) is 0 Å². The van der Waals surface area contributed by atoms with Crippen molar-refractivity contribution in [3.63, 3.8) is 0 Å². The van der Waals surface area contributed by atoms with E-state index in [-0.39, 0.29) is 4.90 Å². The first-order valence-electron chi connectivity index (χ1n) is 4.27. The predicted molar refractivity (Wildman–Crippen MR) is 60.0 cm³/mol. The molecule has 0 fully saturated rings. The second-order valence-corrected chi connectivity index (χ2v) is 5.75. The van der Waals surface area contributed by atoms with E-state index in [2.05, 4.69) is 15.9 Å². The van der Waals surface area contributed by atoms with Crippen LogP contribution in [0.15, 0.2) is 29.2 Å². The van der Waals surface area contributed by atoms with Crippen molar-refractivity contribution in [1.82, 2.24) is 4.31 Å². The Morgan fingerprint density at radius 2 is 2.00 bits per heavy atom. The van der Waals surface area contributed by atoms with Crippen molar-refractivity contribution in [2.75, 3.05) is 18.9 Å². The molecule has 0 atom stereocenters. The molecule has 15 heavy (non-hydrogen) atoms. The Bertz CT molecular complexity index is 435. The molecular weight excluding hydrogens is 285 g/mol. The van der Waals surface area contributed by atoms with Gasteiger partial charge in [0.2, 0.25) is 10.0 Å². The van der Waals surface area contributed by atoms with E-state index in [9.17, 15) is 12.8 Å². The molecule has 0 saturated carbocycles.